The number of hydrogen-bond acceptors (Lipinski definition) is 4. The Kier molecular flexibility index (Phi) is 3.77. The van der Waals surface area contributed by atoms with Gasteiger partial charge in [0.15, 0.2) is 0 Å². The van der Waals surface area contributed by atoms with Crippen molar-refractivity contribution in [3.63, 3.8) is 0 Å². The van der Waals surface area contributed by atoms with E-state index in [0.29, 0.717) is 29.0 Å². The second kappa shape index (κ2) is 5.62. The zero-order chi connectivity index (χ0) is 16.7. The standard InChI is InChI=1S/C16H14ClFN4O/c1-3-22-14-10(8(2)20-16(19)21-14)7-11(15(22)23)9-4-5-13(18)12(17)6-9/h4-7H,3H2,1-2H3,(H2,19,20,21). The number of anilines is 1. The number of rotatable bonds is 2. The van der Waals surface area contributed by atoms with Crippen LogP contribution in [0, 0.1) is 12.7 Å². The van der Waals surface area contributed by atoms with Crippen LogP contribution >= 0.6 is 11.6 Å². The molecule has 0 aliphatic carbocycles. The zero-order valence-corrected chi connectivity index (χ0v) is 13.4. The van der Waals surface area contributed by atoms with Gasteiger partial charge in [0.2, 0.25) is 5.95 Å². The van der Waals surface area contributed by atoms with Crippen molar-refractivity contribution < 1.29 is 4.39 Å². The van der Waals surface area contributed by atoms with Crippen molar-refractivity contribution in [3.8, 4) is 11.1 Å². The van der Waals surface area contributed by atoms with E-state index in [9.17, 15) is 9.18 Å². The number of nitrogens with two attached hydrogens (primary N) is 1. The SMILES string of the molecule is CCn1c(=O)c(-c2ccc(F)c(Cl)c2)cc2c(C)nc(N)nc21. The molecular weight excluding hydrogens is 319 g/mol. The minimum absolute atomic E-state index is 0.0321. The second-order valence-electron chi connectivity index (χ2n) is 5.14. The molecule has 0 unspecified atom stereocenters. The third-order valence-corrected chi connectivity index (χ3v) is 3.99. The third-order valence-electron chi connectivity index (χ3n) is 3.70. The smallest absolute Gasteiger partial charge is 0.260 e. The molecule has 2 aromatic heterocycles. The fourth-order valence-corrected chi connectivity index (χ4v) is 2.75. The zero-order valence-electron chi connectivity index (χ0n) is 12.6. The van der Waals surface area contributed by atoms with E-state index in [0.717, 1.165) is 5.39 Å². The largest absolute Gasteiger partial charge is 0.368 e. The molecule has 0 atom stereocenters. The van der Waals surface area contributed by atoms with Crippen LogP contribution < -0.4 is 11.3 Å². The molecule has 0 radical (unpaired) electrons. The van der Waals surface area contributed by atoms with Crippen molar-refractivity contribution in [3.05, 3.63) is 51.2 Å². The molecule has 0 saturated heterocycles. The molecule has 0 saturated carbocycles. The Morgan fingerprint density at radius 2 is 2.04 bits per heavy atom. The van der Waals surface area contributed by atoms with Crippen LogP contribution in [-0.4, -0.2) is 14.5 Å². The fourth-order valence-electron chi connectivity index (χ4n) is 2.57. The van der Waals surface area contributed by atoms with Crippen molar-refractivity contribution in [1.29, 1.82) is 0 Å². The molecule has 0 spiro atoms. The van der Waals surface area contributed by atoms with Crippen molar-refractivity contribution in [2.75, 3.05) is 5.73 Å². The Labute approximate surface area is 136 Å². The third kappa shape index (κ3) is 2.55. The number of fused-ring (bicyclic) bond motifs is 1. The number of nitrogens with zero attached hydrogens (tertiary/aromatic N) is 3. The maximum absolute atomic E-state index is 13.4. The molecule has 3 rings (SSSR count). The molecule has 1 aromatic carbocycles. The Balaban J connectivity index is 2.40. The quantitative estimate of drug-likeness (QED) is 0.782. The molecule has 2 heterocycles. The average Bonchev–Trinajstić information content (AvgIpc) is 2.50. The highest BCUT2D eigenvalue weighted by Crippen LogP contribution is 2.26. The van der Waals surface area contributed by atoms with E-state index in [4.69, 9.17) is 17.3 Å². The van der Waals surface area contributed by atoms with E-state index in [1.54, 1.807) is 13.0 Å². The van der Waals surface area contributed by atoms with Gasteiger partial charge in [-0.05, 0) is 37.6 Å². The van der Waals surface area contributed by atoms with Crippen molar-refractivity contribution in [2.24, 2.45) is 0 Å². The molecule has 0 amide bonds. The van der Waals surface area contributed by atoms with Crippen LogP contribution in [0.15, 0.2) is 29.1 Å². The van der Waals surface area contributed by atoms with E-state index < -0.39 is 5.82 Å². The number of aryl methyl sites for hydroxylation is 2. The van der Waals surface area contributed by atoms with Crippen molar-refractivity contribution in [2.45, 2.75) is 20.4 Å². The first-order valence-corrected chi connectivity index (χ1v) is 7.43. The highest BCUT2D eigenvalue weighted by atomic mass is 35.5. The number of halogens is 2. The summed E-state index contributed by atoms with van der Waals surface area (Å²) in [7, 11) is 0. The van der Waals surface area contributed by atoms with Gasteiger partial charge in [-0.2, -0.15) is 4.98 Å². The van der Waals surface area contributed by atoms with E-state index in [-0.39, 0.29) is 16.5 Å². The summed E-state index contributed by atoms with van der Waals surface area (Å²) in [5.74, 6) is -0.409. The maximum Gasteiger partial charge on any atom is 0.260 e. The summed E-state index contributed by atoms with van der Waals surface area (Å²) in [6.45, 7) is 4.07. The number of nitrogen functional groups attached to an aromatic ring is 1. The topological polar surface area (TPSA) is 73.8 Å². The Bertz CT molecular complexity index is 984. The van der Waals surface area contributed by atoms with Gasteiger partial charge in [-0.25, -0.2) is 9.37 Å². The van der Waals surface area contributed by atoms with Crippen LogP contribution in [-0.2, 0) is 6.54 Å². The molecular formula is C16H14ClFN4O. The molecule has 5 nitrogen and oxygen atoms in total. The fraction of sp³-hybridized carbons (Fsp3) is 0.188. The van der Waals surface area contributed by atoms with Gasteiger partial charge in [0.25, 0.3) is 5.56 Å². The summed E-state index contributed by atoms with van der Waals surface area (Å²) >= 11 is 5.83. The maximum atomic E-state index is 13.4. The molecule has 0 fully saturated rings. The Morgan fingerprint density at radius 1 is 1.30 bits per heavy atom. The second-order valence-corrected chi connectivity index (χ2v) is 5.55. The molecule has 3 aromatic rings. The van der Waals surface area contributed by atoms with Gasteiger partial charge in [0.05, 0.1) is 10.7 Å². The first kappa shape index (κ1) is 15.4. The molecule has 118 valence electrons. The minimum Gasteiger partial charge on any atom is -0.368 e. The highest BCUT2D eigenvalue weighted by molar-refractivity contribution is 6.31. The lowest BCUT2D eigenvalue weighted by molar-refractivity contribution is 0.628. The molecule has 0 bridgehead atoms. The van der Waals surface area contributed by atoms with Gasteiger partial charge in [0, 0.05) is 17.5 Å². The average molecular weight is 333 g/mol. The predicted molar refractivity (Wildman–Crippen MR) is 89.0 cm³/mol. The van der Waals surface area contributed by atoms with E-state index in [2.05, 4.69) is 9.97 Å². The minimum atomic E-state index is -0.528. The number of hydrogen-bond donors (Lipinski definition) is 1. The monoisotopic (exact) mass is 332 g/mol. The van der Waals surface area contributed by atoms with Crippen LogP contribution in [0.2, 0.25) is 5.02 Å². The van der Waals surface area contributed by atoms with E-state index in [1.807, 2.05) is 6.92 Å². The normalized spacial score (nSPS) is 11.1. The van der Waals surface area contributed by atoms with Crippen LogP contribution in [0.5, 0.6) is 0 Å². The summed E-state index contributed by atoms with van der Waals surface area (Å²) < 4.78 is 14.9. The van der Waals surface area contributed by atoms with Gasteiger partial charge in [-0.1, -0.05) is 17.7 Å². The first-order chi connectivity index (χ1) is 10.9. The summed E-state index contributed by atoms with van der Waals surface area (Å²) in [6, 6.07) is 5.90. The Morgan fingerprint density at radius 3 is 2.70 bits per heavy atom. The lowest BCUT2D eigenvalue weighted by Gasteiger charge is -2.12. The van der Waals surface area contributed by atoms with Crippen LogP contribution in [0.1, 0.15) is 12.6 Å². The first-order valence-electron chi connectivity index (χ1n) is 7.05. The number of aromatic nitrogens is 3. The van der Waals surface area contributed by atoms with Gasteiger partial charge >= 0.3 is 0 Å². The molecule has 0 aliphatic rings. The van der Waals surface area contributed by atoms with Crippen LogP contribution in [0.4, 0.5) is 10.3 Å². The molecule has 0 aliphatic heterocycles. The molecule has 7 heteroatoms. The summed E-state index contributed by atoms with van der Waals surface area (Å²) in [5, 5.41) is 0.687. The summed E-state index contributed by atoms with van der Waals surface area (Å²) in [5.41, 5.74) is 7.57. The lowest BCUT2D eigenvalue weighted by Crippen LogP contribution is -2.23. The number of pyridine rings is 1. The highest BCUT2D eigenvalue weighted by Gasteiger charge is 2.15. The van der Waals surface area contributed by atoms with Gasteiger partial charge < -0.3 is 5.73 Å². The summed E-state index contributed by atoms with van der Waals surface area (Å²) in [4.78, 5) is 21.1. The molecule has 2 N–H and O–H groups in total. The lowest BCUT2D eigenvalue weighted by atomic mass is 10.1. The van der Waals surface area contributed by atoms with Crippen molar-refractivity contribution >= 4 is 28.6 Å². The number of benzene rings is 1. The Hall–Kier alpha value is -2.47. The van der Waals surface area contributed by atoms with Gasteiger partial charge in [0.1, 0.15) is 11.5 Å². The summed E-state index contributed by atoms with van der Waals surface area (Å²) in [6.07, 6.45) is 0. The van der Waals surface area contributed by atoms with Gasteiger partial charge in [-0.3, -0.25) is 9.36 Å². The van der Waals surface area contributed by atoms with Crippen LogP contribution in [0.3, 0.4) is 0 Å². The van der Waals surface area contributed by atoms with Gasteiger partial charge in [-0.15, -0.1) is 0 Å². The predicted octanol–water partition coefficient (Wildman–Crippen LogP) is 3.16. The molecule has 23 heavy (non-hydrogen) atoms. The van der Waals surface area contributed by atoms with E-state index >= 15 is 0 Å². The van der Waals surface area contributed by atoms with Crippen molar-refractivity contribution in [1.82, 2.24) is 14.5 Å². The van der Waals surface area contributed by atoms with E-state index in [1.165, 1.54) is 22.8 Å². The van der Waals surface area contributed by atoms with Crippen LogP contribution in [0.25, 0.3) is 22.2 Å².